The van der Waals surface area contributed by atoms with Gasteiger partial charge in [-0.05, 0) is 38.3 Å². The molecule has 0 bridgehead atoms. The topological polar surface area (TPSA) is 38.3 Å². The van der Waals surface area contributed by atoms with E-state index in [1.165, 1.54) is 0 Å². The van der Waals surface area contributed by atoms with Crippen LogP contribution in [-0.4, -0.2) is 25.7 Å². The Kier molecular flexibility index (Phi) is 2.05. The smallest absolute Gasteiger partial charge is 0.309 e. The fraction of sp³-hybridized carbons (Fsp3) is 0.889. The lowest BCUT2D eigenvalue weighted by Gasteiger charge is -2.37. The highest BCUT2D eigenvalue weighted by Gasteiger charge is 2.48. The monoisotopic (exact) mass is 169 g/mol. The summed E-state index contributed by atoms with van der Waals surface area (Å²) in [4.78, 5) is 11.3. The molecule has 3 atom stereocenters. The first-order valence-corrected chi connectivity index (χ1v) is 4.70. The van der Waals surface area contributed by atoms with Crippen molar-refractivity contribution >= 4 is 5.97 Å². The number of esters is 1. The molecule has 2 fully saturated rings. The van der Waals surface area contributed by atoms with Gasteiger partial charge in [-0.2, -0.15) is 0 Å². The van der Waals surface area contributed by atoms with Gasteiger partial charge < -0.3 is 10.1 Å². The van der Waals surface area contributed by atoms with Crippen LogP contribution in [0.1, 0.15) is 13.3 Å². The van der Waals surface area contributed by atoms with Gasteiger partial charge in [-0.1, -0.05) is 0 Å². The molecule has 2 rings (SSSR count). The van der Waals surface area contributed by atoms with Crippen molar-refractivity contribution in [3.8, 4) is 0 Å². The SMILES string of the molecule is CCOC(=O)[C@@H]1C[C@@H]2CNC[C@@H]21. The molecule has 1 aliphatic carbocycles. The number of hydrogen-bond donors (Lipinski definition) is 1. The summed E-state index contributed by atoms with van der Waals surface area (Å²) in [5.74, 6) is 1.54. The Labute approximate surface area is 72.5 Å². The van der Waals surface area contributed by atoms with Crippen LogP contribution in [0.5, 0.6) is 0 Å². The molecule has 1 aliphatic heterocycles. The van der Waals surface area contributed by atoms with Gasteiger partial charge in [-0.15, -0.1) is 0 Å². The molecule has 0 radical (unpaired) electrons. The maximum Gasteiger partial charge on any atom is 0.309 e. The van der Waals surface area contributed by atoms with E-state index in [4.69, 9.17) is 4.74 Å². The van der Waals surface area contributed by atoms with Crippen LogP contribution in [0.4, 0.5) is 0 Å². The van der Waals surface area contributed by atoms with Gasteiger partial charge in [0.05, 0.1) is 12.5 Å². The molecule has 0 amide bonds. The average molecular weight is 169 g/mol. The Balaban J connectivity index is 1.87. The van der Waals surface area contributed by atoms with Crippen LogP contribution in [0.15, 0.2) is 0 Å². The van der Waals surface area contributed by atoms with Crippen LogP contribution in [0.2, 0.25) is 0 Å². The van der Waals surface area contributed by atoms with Crippen molar-refractivity contribution in [2.45, 2.75) is 13.3 Å². The lowest BCUT2D eigenvalue weighted by Crippen LogP contribution is -2.41. The molecular formula is C9H15NO2. The number of carbonyl (C=O) groups is 1. The number of fused-ring (bicyclic) bond motifs is 1. The molecule has 0 aromatic heterocycles. The van der Waals surface area contributed by atoms with E-state index in [1.807, 2.05) is 6.92 Å². The van der Waals surface area contributed by atoms with Gasteiger partial charge in [0, 0.05) is 0 Å². The van der Waals surface area contributed by atoms with Crippen molar-refractivity contribution in [2.24, 2.45) is 17.8 Å². The fourth-order valence-electron chi connectivity index (χ4n) is 2.31. The predicted molar refractivity (Wildman–Crippen MR) is 44.6 cm³/mol. The minimum absolute atomic E-state index is 0.0162. The van der Waals surface area contributed by atoms with E-state index in [2.05, 4.69) is 5.32 Å². The first-order valence-electron chi connectivity index (χ1n) is 4.70. The summed E-state index contributed by atoms with van der Waals surface area (Å²) < 4.78 is 4.99. The van der Waals surface area contributed by atoms with Crippen molar-refractivity contribution in [3.05, 3.63) is 0 Å². The Hall–Kier alpha value is -0.570. The van der Waals surface area contributed by atoms with Crippen LogP contribution in [0, 0.1) is 17.8 Å². The number of rotatable bonds is 2. The van der Waals surface area contributed by atoms with Gasteiger partial charge >= 0.3 is 5.97 Å². The third kappa shape index (κ3) is 1.12. The van der Waals surface area contributed by atoms with E-state index in [1.54, 1.807) is 0 Å². The molecule has 2 aliphatic rings. The second-order valence-corrected chi connectivity index (χ2v) is 3.68. The summed E-state index contributed by atoms with van der Waals surface area (Å²) in [7, 11) is 0. The highest BCUT2D eigenvalue weighted by atomic mass is 16.5. The molecule has 0 aromatic carbocycles. The summed E-state index contributed by atoms with van der Waals surface area (Å²) in [6, 6.07) is 0. The third-order valence-corrected chi connectivity index (χ3v) is 3.05. The van der Waals surface area contributed by atoms with Gasteiger partial charge in [0.1, 0.15) is 0 Å². The average Bonchev–Trinajstić information content (AvgIpc) is 2.33. The largest absolute Gasteiger partial charge is 0.466 e. The zero-order chi connectivity index (χ0) is 8.55. The maximum absolute atomic E-state index is 11.3. The van der Waals surface area contributed by atoms with Gasteiger partial charge in [0.25, 0.3) is 0 Å². The van der Waals surface area contributed by atoms with E-state index >= 15 is 0 Å². The summed E-state index contributed by atoms with van der Waals surface area (Å²) in [5.41, 5.74) is 0. The molecule has 0 aromatic rings. The summed E-state index contributed by atoms with van der Waals surface area (Å²) in [6.45, 7) is 4.48. The molecule has 3 heteroatoms. The summed E-state index contributed by atoms with van der Waals surface area (Å²) in [5, 5.41) is 3.30. The molecule has 68 valence electrons. The highest BCUT2D eigenvalue weighted by molar-refractivity contribution is 5.74. The second kappa shape index (κ2) is 3.05. The van der Waals surface area contributed by atoms with Gasteiger partial charge in [-0.3, -0.25) is 4.79 Å². The molecule has 0 unspecified atom stereocenters. The molecule has 1 heterocycles. The van der Waals surface area contributed by atoms with Gasteiger partial charge in [0.2, 0.25) is 0 Å². The van der Waals surface area contributed by atoms with Crippen molar-refractivity contribution in [2.75, 3.05) is 19.7 Å². The molecule has 1 N–H and O–H groups in total. The highest BCUT2D eigenvalue weighted by Crippen LogP contribution is 2.43. The van der Waals surface area contributed by atoms with E-state index in [-0.39, 0.29) is 11.9 Å². The van der Waals surface area contributed by atoms with Gasteiger partial charge in [-0.25, -0.2) is 0 Å². The maximum atomic E-state index is 11.3. The molecular weight excluding hydrogens is 154 g/mol. The quantitative estimate of drug-likeness (QED) is 0.608. The lowest BCUT2D eigenvalue weighted by molar-refractivity contribution is -0.155. The number of hydrogen-bond acceptors (Lipinski definition) is 3. The minimum Gasteiger partial charge on any atom is -0.466 e. The minimum atomic E-state index is 0.0162. The normalized spacial score (nSPS) is 38.6. The van der Waals surface area contributed by atoms with Crippen LogP contribution >= 0.6 is 0 Å². The number of nitrogens with one attached hydrogen (secondary N) is 1. The van der Waals surface area contributed by atoms with E-state index in [0.29, 0.717) is 12.5 Å². The van der Waals surface area contributed by atoms with Crippen LogP contribution < -0.4 is 5.32 Å². The summed E-state index contributed by atoms with van der Waals surface area (Å²) in [6.07, 6.45) is 1.04. The molecule has 1 saturated carbocycles. The number of ether oxygens (including phenoxy) is 1. The Morgan fingerprint density at radius 2 is 2.42 bits per heavy atom. The molecule has 1 saturated heterocycles. The Morgan fingerprint density at radius 3 is 3.08 bits per heavy atom. The molecule has 12 heavy (non-hydrogen) atoms. The van der Waals surface area contributed by atoms with Crippen molar-refractivity contribution in [1.29, 1.82) is 0 Å². The molecule has 0 spiro atoms. The standard InChI is InChI=1S/C9H15NO2/c1-2-12-9(11)7-3-6-4-10-5-8(6)7/h6-8,10H,2-5H2,1H3/t6-,7-,8+/m1/s1. The lowest BCUT2D eigenvalue weighted by atomic mass is 9.67. The van der Waals surface area contributed by atoms with Crippen LogP contribution in [0.3, 0.4) is 0 Å². The van der Waals surface area contributed by atoms with Crippen molar-refractivity contribution in [1.82, 2.24) is 5.32 Å². The van der Waals surface area contributed by atoms with E-state index < -0.39 is 0 Å². The van der Waals surface area contributed by atoms with Crippen LogP contribution in [-0.2, 0) is 9.53 Å². The first kappa shape index (κ1) is 8.05. The van der Waals surface area contributed by atoms with Gasteiger partial charge in [0.15, 0.2) is 0 Å². The Bertz CT molecular complexity index is 193. The van der Waals surface area contributed by atoms with E-state index in [0.717, 1.165) is 25.4 Å². The van der Waals surface area contributed by atoms with Crippen LogP contribution in [0.25, 0.3) is 0 Å². The van der Waals surface area contributed by atoms with Crippen molar-refractivity contribution in [3.63, 3.8) is 0 Å². The number of carbonyl (C=O) groups excluding carboxylic acids is 1. The second-order valence-electron chi connectivity index (χ2n) is 3.68. The first-order chi connectivity index (χ1) is 5.83. The Morgan fingerprint density at radius 1 is 1.58 bits per heavy atom. The zero-order valence-electron chi connectivity index (χ0n) is 7.38. The van der Waals surface area contributed by atoms with E-state index in [9.17, 15) is 4.79 Å². The third-order valence-electron chi connectivity index (χ3n) is 3.05. The predicted octanol–water partition coefficient (Wildman–Crippen LogP) is 0.405. The summed E-state index contributed by atoms with van der Waals surface area (Å²) >= 11 is 0. The molecule has 3 nitrogen and oxygen atoms in total. The zero-order valence-corrected chi connectivity index (χ0v) is 7.38. The van der Waals surface area contributed by atoms with Crippen molar-refractivity contribution < 1.29 is 9.53 Å². The fourth-order valence-corrected chi connectivity index (χ4v) is 2.31.